The predicted molar refractivity (Wildman–Crippen MR) is 114 cm³/mol. The van der Waals surface area contributed by atoms with Gasteiger partial charge in [-0.1, -0.05) is 78.1 Å². The van der Waals surface area contributed by atoms with Crippen molar-refractivity contribution in [3.05, 3.63) is 17.7 Å². The topological polar surface area (TPSA) is 61.5 Å². The van der Waals surface area contributed by atoms with Crippen molar-refractivity contribution in [2.45, 2.75) is 90.9 Å². The number of hydrogen-bond donors (Lipinski definition) is 1. The fourth-order valence-electron chi connectivity index (χ4n) is 3.05. The molecule has 1 aromatic rings. The number of ether oxygens (including phenoxy) is 2. The van der Waals surface area contributed by atoms with Gasteiger partial charge in [-0.15, -0.1) is 0 Å². The van der Waals surface area contributed by atoms with Crippen LogP contribution in [0.5, 0.6) is 11.5 Å². The van der Waals surface area contributed by atoms with Gasteiger partial charge in [0.1, 0.15) is 0 Å². The third-order valence-electron chi connectivity index (χ3n) is 4.79. The largest absolute Gasteiger partial charge is 0.490 e. The summed E-state index contributed by atoms with van der Waals surface area (Å²) in [4.78, 5) is 11.2. The number of rotatable bonds is 17. The number of aldehydes is 1. The molecule has 27 heavy (non-hydrogen) atoms. The van der Waals surface area contributed by atoms with Gasteiger partial charge < -0.3 is 15.2 Å². The Kier molecular flexibility index (Phi) is 13.3. The van der Waals surface area contributed by atoms with Crippen LogP contribution in [0.2, 0.25) is 0 Å². The second-order valence-electron chi connectivity index (χ2n) is 7.28. The molecule has 0 unspecified atom stereocenters. The Balaban J connectivity index is 2.44. The number of hydrogen-bond acceptors (Lipinski definition) is 4. The highest BCUT2D eigenvalue weighted by Gasteiger charge is 2.10. The molecular formula is C23H39NO3. The van der Waals surface area contributed by atoms with E-state index in [-0.39, 0.29) is 0 Å². The highest BCUT2D eigenvalue weighted by molar-refractivity contribution is 5.85. The lowest BCUT2D eigenvalue weighted by Gasteiger charge is -2.15. The van der Waals surface area contributed by atoms with Crippen molar-refractivity contribution in [1.82, 2.24) is 0 Å². The second-order valence-corrected chi connectivity index (χ2v) is 7.28. The Morgan fingerprint density at radius 2 is 1.19 bits per heavy atom. The van der Waals surface area contributed by atoms with Crippen molar-refractivity contribution in [2.24, 2.45) is 0 Å². The van der Waals surface area contributed by atoms with Crippen LogP contribution in [0, 0.1) is 0 Å². The van der Waals surface area contributed by atoms with E-state index in [1.165, 1.54) is 64.2 Å². The van der Waals surface area contributed by atoms with Crippen molar-refractivity contribution in [2.75, 3.05) is 18.9 Å². The highest BCUT2D eigenvalue weighted by atomic mass is 16.5. The molecule has 0 bridgehead atoms. The molecule has 0 saturated heterocycles. The van der Waals surface area contributed by atoms with E-state index in [1.807, 2.05) is 0 Å². The first kappa shape index (κ1) is 23.3. The van der Waals surface area contributed by atoms with Crippen molar-refractivity contribution in [3.8, 4) is 11.5 Å². The van der Waals surface area contributed by atoms with E-state index in [0.29, 0.717) is 36.0 Å². The SMILES string of the molecule is CCCCCCCCOc1cc(N)c(C=O)cc1OCCCCCCCC. The summed E-state index contributed by atoms with van der Waals surface area (Å²) in [5, 5.41) is 0. The summed E-state index contributed by atoms with van der Waals surface area (Å²) in [5.41, 5.74) is 6.84. The number of benzene rings is 1. The van der Waals surface area contributed by atoms with Gasteiger partial charge in [0.15, 0.2) is 17.8 Å². The van der Waals surface area contributed by atoms with Crippen LogP contribution in [0.15, 0.2) is 12.1 Å². The van der Waals surface area contributed by atoms with E-state index in [1.54, 1.807) is 12.1 Å². The van der Waals surface area contributed by atoms with Gasteiger partial charge in [-0.3, -0.25) is 4.79 Å². The molecule has 0 fully saturated rings. The van der Waals surface area contributed by atoms with Gasteiger partial charge >= 0.3 is 0 Å². The predicted octanol–water partition coefficient (Wildman–Crippen LogP) is 6.56. The molecule has 0 aliphatic carbocycles. The summed E-state index contributed by atoms with van der Waals surface area (Å²) in [6.45, 7) is 5.74. The lowest BCUT2D eigenvalue weighted by Crippen LogP contribution is -2.05. The Hall–Kier alpha value is -1.71. The Morgan fingerprint density at radius 1 is 0.741 bits per heavy atom. The molecular weight excluding hydrogens is 338 g/mol. The molecule has 154 valence electrons. The van der Waals surface area contributed by atoms with E-state index in [2.05, 4.69) is 13.8 Å². The molecule has 1 aromatic carbocycles. The molecule has 4 heteroatoms. The van der Waals surface area contributed by atoms with Gasteiger partial charge in [-0.2, -0.15) is 0 Å². The Morgan fingerprint density at radius 3 is 1.67 bits per heavy atom. The zero-order valence-electron chi connectivity index (χ0n) is 17.4. The van der Waals surface area contributed by atoms with E-state index >= 15 is 0 Å². The minimum absolute atomic E-state index is 0.440. The normalized spacial score (nSPS) is 10.7. The zero-order valence-corrected chi connectivity index (χ0v) is 17.4. The molecule has 2 N–H and O–H groups in total. The summed E-state index contributed by atoms with van der Waals surface area (Å²) >= 11 is 0. The van der Waals surface area contributed by atoms with Crippen LogP contribution in [0.4, 0.5) is 5.69 Å². The quantitative estimate of drug-likeness (QED) is 0.190. The number of carbonyl (C=O) groups excluding carboxylic acids is 1. The van der Waals surface area contributed by atoms with E-state index < -0.39 is 0 Å². The summed E-state index contributed by atoms with van der Waals surface area (Å²) < 4.78 is 11.8. The van der Waals surface area contributed by atoms with Crippen LogP contribution in [0.1, 0.15) is 101 Å². The first-order chi connectivity index (χ1) is 13.2. The van der Waals surface area contributed by atoms with Crippen molar-refractivity contribution in [3.63, 3.8) is 0 Å². The maximum atomic E-state index is 11.2. The lowest BCUT2D eigenvalue weighted by molar-refractivity contribution is 0.112. The summed E-state index contributed by atoms with van der Waals surface area (Å²) in [7, 11) is 0. The third-order valence-corrected chi connectivity index (χ3v) is 4.79. The third kappa shape index (κ3) is 10.3. The molecule has 0 spiro atoms. The van der Waals surface area contributed by atoms with Crippen LogP contribution in [0.25, 0.3) is 0 Å². The number of anilines is 1. The molecule has 0 saturated carbocycles. The molecule has 1 rings (SSSR count). The highest BCUT2D eigenvalue weighted by Crippen LogP contribution is 2.32. The van der Waals surface area contributed by atoms with Gasteiger partial charge in [0.25, 0.3) is 0 Å². The number of carbonyl (C=O) groups is 1. The average molecular weight is 378 g/mol. The van der Waals surface area contributed by atoms with Crippen molar-refractivity contribution in [1.29, 1.82) is 0 Å². The van der Waals surface area contributed by atoms with E-state index in [4.69, 9.17) is 15.2 Å². The maximum absolute atomic E-state index is 11.2. The fraction of sp³-hybridized carbons (Fsp3) is 0.696. The van der Waals surface area contributed by atoms with Crippen LogP contribution < -0.4 is 15.2 Å². The van der Waals surface area contributed by atoms with Gasteiger partial charge in [-0.25, -0.2) is 0 Å². The number of nitrogens with two attached hydrogens (primary N) is 1. The molecule has 0 aromatic heterocycles. The van der Waals surface area contributed by atoms with Gasteiger partial charge in [0, 0.05) is 17.3 Å². The molecule has 0 aliphatic rings. The van der Waals surface area contributed by atoms with Crippen LogP contribution in [-0.2, 0) is 0 Å². The van der Waals surface area contributed by atoms with Gasteiger partial charge in [0.2, 0.25) is 0 Å². The van der Waals surface area contributed by atoms with Crippen molar-refractivity contribution < 1.29 is 14.3 Å². The molecule has 0 radical (unpaired) electrons. The minimum atomic E-state index is 0.440. The summed E-state index contributed by atoms with van der Waals surface area (Å²) in [5.74, 6) is 1.28. The standard InChI is InChI=1S/C23H39NO3/c1-3-5-7-9-11-13-15-26-22-17-20(19-25)21(24)18-23(22)27-16-14-12-10-8-6-4-2/h17-19H,3-16,24H2,1-2H3. The minimum Gasteiger partial charge on any atom is -0.490 e. The maximum Gasteiger partial charge on any atom is 0.163 e. The smallest absolute Gasteiger partial charge is 0.163 e. The first-order valence-electron chi connectivity index (χ1n) is 10.9. The summed E-state index contributed by atoms with van der Waals surface area (Å²) in [6, 6.07) is 3.42. The molecule has 0 aliphatic heterocycles. The molecule has 4 nitrogen and oxygen atoms in total. The number of nitrogen functional groups attached to an aromatic ring is 1. The van der Waals surface area contributed by atoms with E-state index in [0.717, 1.165) is 19.1 Å². The van der Waals surface area contributed by atoms with Crippen LogP contribution in [-0.4, -0.2) is 19.5 Å². The van der Waals surface area contributed by atoms with Gasteiger partial charge in [-0.05, 0) is 18.9 Å². The van der Waals surface area contributed by atoms with E-state index in [9.17, 15) is 4.79 Å². The second kappa shape index (κ2) is 15.4. The first-order valence-corrected chi connectivity index (χ1v) is 10.9. The Bertz CT molecular complexity index is 517. The van der Waals surface area contributed by atoms with Crippen LogP contribution in [0.3, 0.4) is 0 Å². The van der Waals surface area contributed by atoms with Crippen molar-refractivity contribution >= 4 is 12.0 Å². The number of unbranched alkanes of at least 4 members (excludes halogenated alkanes) is 10. The van der Waals surface area contributed by atoms with Gasteiger partial charge in [0.05, 0.1) is 13.2 Å². The fourth-order valence-corrected chi connectivity index (χ4v) is 3.05. The molecule has 0 amide bonds. The summed E-state index contributed by atoms with van der Waals surface area (Å²) in [6.07, 6.45) is 15.4. The monoisotopic (exact) mass is 377 g/mol. The van der Waals surface area contributed by atoms with Crippen LogP contribution >= 0.6 is 0 Å². The molecule has 0 heterocycles. The lowest BCUT2D eigenvalue weighted by atomic mass is 10.1. The zero-order chi connectivity index (χ0) is 19.7. The Labute approximate surface area is 165 Å². The molecule has 0 atom stereocenters. The average Bonchev–Trinajstić information content (AvgIpc) is 2.67.